The molecule has 1 aliphatic rings. The molecule has 0 amide bonds. The second-order valence-corrected chi connectivity index (χ2v) is 2.30. The Morgan fingerprint density at radius 2 is 1.89 bits per heavy atom. The highest BCUT2D eigenvalue weighted by Crippen LogP contribution is 2.02. The normalized spacial score (nSPS) is 32.7. The maximum Gasteiger partial charge on any atom is 0.0203 e. The minimum absolute atomic E-state index is 0. The van der Waals surface area contributed by atoms with Crippen molar-refractivity contribution in [1.29, 1.82) is 0 Å². The van der Waals surface area contributed by atoms with Crippen molar-refractivity contribution in [2.45, 2.75) is 13.0 Å². The summed E-state index contributed by atoms with van der Waals surface area (Å²) in [6, 6.07) is 0.403. The summed E-state index contributed by atoms with van der Waals surface area (Å²) in [6.45, 7) is 4.27. The Bertz CT molecular complexity index is 62.0. The van der Waals surface area contributed by atoms with Crippen LogP contribution in [0, 0.1) is 5.92 Å². The Kier molecular flexibility index (Phi) is 7.18. The largest absolute Gasteiger partial charge is 0.326 e. The Balaban J connectivity index is 0. The van der Waals surface area contributed by atoms with E-state index < -0.39 is 0 Å². The number of nitrogens with one attached hydrogen (secondary N) is 1. The zero-order valence-electron chi connectivity index (χ0n) is 5.46. The van der Waals surface area contributed by atoms with Crippen LogP contribution in [0.5, 0.6) is 0 Å². The first-order chi connectivity index (χ1) is 3.30. The van der Waals surface area contributed by atoms with Crippen LogP contribution in [0.1, 0.15) is 6.92 Å². The van der Waals surface area contributed by atoms with E-state index in [1.54, 1.807) is 0 Å². The summed E-state index contributed by atoms with van der Waals surface area (Å²) in [4.78, 5) is 0. The van der Waals surface area contributed by atoms with E-state index in [2.05, 4.69) is 12.2 Å². The van der Waals surface area contributed by atoms with E-state index in [4.69, 9.17) is 5.73 Å². The van der Waals surface area contributed by atoms with Crippen molar-refractivity contribution in [2.24, 2.45) is 11.7 Å². The van der Waals surface area contributed by atoms with Gasteiger partial charge in [0.2, 0.25) is 0 Å². The summed E-state index contributed by atoms with van der Waals surface area (Å²) in [7, 11) is 0. The fraction of sp³-hybridized carbons (Fsp3) is 1.00. The molecule has 58 valence electrons. The zero-order chi connectivity index (χ0) is 5.28. The minimum Gasteiger partial charge on any atom is -0.326 e. The average Bonchev–Trinajstić information content (AvgIpc) is 1.91. The molecule has 0 aliphatic carbocycles. The quantitative estimate of drug-likeness (QED) is 0.556. The van der Waals surface area contributed by atoms with Crippen LogP contribution in [0.15, 0.2) is 0 Å². The van der Waals surface area contributed by atoms with Crippen molar-refractivity contribution in [3.8, 4) is 0 Å². The molecule has 1 saturated heterocycles. The highest BCUT2D eigenvalue weighted by atomic mass is 35.5. The van der Waals surface area contributed by atoms with Gasteiger partial charge in [-0.1, -0.05) is 6.92 Å². The highest BCUT2D eigenvalue weighted by molar-refractivity contribution is 5.85. The maximum absolute atomic E-state index is 5.62. The summed E-state index contributed by atoms with van der Waals surface area (Å²) >= 11 is 0. The molecule has 4 heteroatoms. The van der Waals surface area contributed by atoms with Gasteiger partial charge in [-0.3, -0.25) is 0 Å². The third-order valence-electron chi connectivity index (χ3n) is 1.58. The standard InChI is InChI=1S/C5H12N2.2ClH/c1-4-2-7-3-5(4)6;;/h4-5,7H,2-3,6H2,1H3;2*1H/t4-,5+;;/m1../s1. The Morgan fingerprint density at radius 3 is 2.00 bits per heavy atom. The molecule has 9 heavy (non-hydrogen) atoms. The van der Waals surface area contributed by atoms with E-state index in [0.29, 0.717) is 12.0 Å². The van der Waals surface area contributed by atoms with E-state index >= 15 is 0 Å². The number of nitrogens with two attached hydrogens (primary N) is 1. The first-order valence-electron chi connectivity index (χ1n) is 2.77. The lowest BCUT2D eigenvalue weighted by atomic mass is 10.1. The maximum atomic E-state index is 5.62. The monoisotopic (exact) mass is 172 g/mol. The lowest BCUT2D eigenvalue weighted by Crippen LogP contribution is -2.26. The molecule has 0 aromatic heterocycles. The third kappa shape index (κ3) is 3.26. The van der Waals surface area contributed by atoms with Crippen LogP contribution in [0.2, 0.25) is 0 Å². The molecule has 0 aromatic carbocycles. The number of halogens is 2. The third-order valence-corrected chi connectivity index (χ3v) is 1.58. The number of rotatable bonds is 0. The smallest absolute Gasteiger partial charge is 0.0203 e. The second kappa shape index (κ2) is 5.30. The topological polar surface area (TPSA) is 38.0 Å². The van der Waals surface area contributed by atoms with Crippen LogP contribution in [0.3, 0.4) is 0 Å². The van der Waals surface area contributed by atoms with Crippen molar-refractivity contribution in [3.05, 3.63) is 0 Å². The molecule has 0 aromatic rings. The predicted molar refractivity (Wildman–Crippen MR) is 44.5 cm³/mol. The zero-order valence-corrected chi connectivity index (χ0v) is 7.10. The van der Waals surface area contributed by atoms with Gasteiger partial charge in [-0.2, -0.15) is 0 Å². The van der Waals surface area contributed by atoms with Gasteiger partial charge in [0.15, 0.2) is 0 Å². The Labute approximate surface area is 68.4 Å². The van der Waals surface area contributed by atoms with E-state index in [0.717, 1.165) is 13.1 Å². The summed E-state index contributed by atoms with van der Waals surface area (Å²) in [5, 5.41) is 3.20. The minimum atomic E-state index is 0. The molecule has 3 N–H and O–H groups in total. The highest BCUT2D eigenvalue weighted by Gasteiger charge is 2.17. The van der Waals surface area contributed by atoms with Gasteiger partial charge < -0.3 is 11.1 Å². The molecule has 2 atom stereocenters. The number of hydrogen-bond donors (Lipinski definition) is 2. The van der Waals surface area contributed by atoms with Gasteiger partial charge >= 0.3 is 0 Å². The summed E-state index contributed by atoms with van der Waals surface area (Å²) in [6.07, 6.45) is 0. The molecule has 1 rings (SSSR count). The molecule has 1 aliphatic heterocycles. The van der Waals surface area contributed by atoms with Crippen molar-refractivity contribution >= 4 is 24.8 Å². The first kappa shape index (κ1) is 12.2. The van der Waals surface area contributed by atoms with Crippen molar-refractivity contribution in [2.75, 3.05) is 13.1 Å². The molecule has 1 heterocycles. The molecular formula is C5H14Cl2N2. The van der Waals surface area contributed by atoms with Crippen molar-refractivity contribution in [1.82, 2.24) is 5.32 Å². The van der Waals surface area contributed by atoms with Crippen LogP contribution < -0.4 is 11.1 Å². The van der Waals surface area contributed by atoms with E-state index in [9.17, 15) is 0 Å². The predicted octanol–water partition coefficient (Wildman–Crippen LogP) is 0.397. The Hall–Kier alpha value is 0.500. The molecule has 0 spiro atoms. The van der Waals surface area contributed by atoms with Crippen LogP contribution in [0.25, 0.3) is 0 Å². The molecule has 0 unspecified atom stereocenters. The second-order valence-electron chi connectivity index (χ2n) is 2.30. The molecule has 0 saturated carbocycles. The fourth-order valence-electron chi connectivity index (χ4n) is 0.830. The van der Waals surface area contributed by atoms with Gasteiger partial charge in [-0.25, -0.2) is 0 Å². The summed E-state index contributed by atoms with van der Waals surface area (Å²) in [5.41, 5.74) is 5.62. The lowest BCUT2D eigenvalue weighted by molar-refractivity contribution is 0.565. The summed E-state index contributed by atoms with van der Waals surface area (Å²) < 4.78 is 0. The molecular weight excluding hydrogens is 159 g/mol. The van der Waals surface area contributed by atoms with Crippen LogP contribution in [-0.2, 0) is 0 Å². The molecule has 1 fully saturated rings. The molecule has 2 nitrogen and oxygen atoms in total. The lowest BCUT2D eigenvalue weighted by Gasteiger charge is -2.03. The van der Waals surface area contributed by atoms with E-state index in [-0.39, 0.29) is 24.8 Å². The van der Waals surface area contributed by atoms with Crippen LogP contribution >= 0.6 is 24.8 Å². The van der Waals surface area contributed by atoms with Gasteiger partial charge in [-0.05, 0) is 12.5 Å². The van der Waals surface area contributed by atoms with Crippen LogP contribution in [-0.4, -0.2) is 19.1 Å². The SMILES string of the molecule is C[C@@H]1CNC[C@@H]1N.Cl.Cl. The molecule has 0 bridgehead atoms. The van der Waals surface area contributed by atoms with E-state index in [1.165, 1.54) is 0 Å². The van der Waals surface area contributed by atoms with Gasteiger partial charge in [0, 0.05) is 12.6 Å². The molecule has 0 radical (unpaired) electrons. The van der Waals surface area contributed by atoms with E-state index in [1.807, 2.05) is 0 Å². The average molecular weight is 173 g/mol. The fourth-order valence-corrected chi connectivity index (χ4v) is 0.830. The van der Waals surface area contributed by atoms with Gasteiger partial charge in [0.25, 0.3) is 0 Å². The Morgan fingerprint density at radius 1 is 1.33 bits per heavy atom. The number of hydrogen-bond acceptors (Lipinski definition) is 2. The van der Waals surface area contributed by atoms with Gasteiger partial charge in [0.1, 0.15) is 0 Å². The van der Waals surface area contributed by atoms with Crippen molar-refractivity contribution < 1.29 is 0 Å². The first-order valence-corrected chi connectivity index (χ1v) is 2.77. The summed E-state index contributed by atoms with van der Waals surface area (Å²) in [5.74, 6) is 0.681. The van der Waals surface area contributed by atoms with Crippen LogP contribution in [0.4, 0.5) is 0 Å². The van der Waals surface area contributed by atoms with Gasteiger partial charge in [0.05, 0.1) is 0 Å². The van der Waals surface area contributed by atoms with Gasteiger partial charge in [-0.15, -0.1) is 24.8 Å². The van der Waals surface area contributed by atoms with Crippen molar-refractivity contribution in [3.63, 3.8) is 0 Å².